The van der Waals surface area contributed by atoms with Gasteiger partial charge in [0.15, 0.2) is 0 Å². The Hall–Kier alpha value is -0.940. The SMILES string of the molecule is C1CCC(c2nnc(C3CCCO3)o2)NC1. The Labute approximate surface area is 94.6 Å². The second-order valence-electron chi connectivity index (χ2n) is 4.48. The van der Waals surface area contributed by atoms with Gasteiger partial charge in [-0.05, 0) is 32.2 Å². The molecule has 0 bridgehead atoms. The van der Waals surface area contributed by atoms with Crippen molar-refractivity contribution >= 4 is 0 Å². The molecule has 1 aromatic heterocycles. The van der Waals surface area contributed by atoms with E-state index in [2.05, 4.69) is 15.5 Å². The minimum Gasteiger partial charge on any atom is -0.421 e. The maximum Gasteiger partial charge on any atom is 0.245 e. The highest BCUT2D eigenvalue weighted by Gasteiger charge is 2.26. The molecule has 2 fully saturated rings. The van der Waals surface area contributed by atoms with Crippen molar-refractivity contribution in [2.45, 2.75) is 44.2 Å². The maximum absolute atomic E-state index is 5.70. The lowest BCUT2D eigenvalue weighted by atomic mass is 10.1. The molecular weight excluding hydrogens is 206 g/mol. The number of rotatable bonds is 2. The molecule has 1 N–H and O–H groups in total. The van der Waals surface area contributed by atoms with E-state index in [-0.39, 0.29) is 12.1 Å². The minimum atomic E-state index is 0.0323. The van der Waals surface area contributed by atoms with E-state index in [0.29, 0.717) is 5.89 Å². The summed E-state index contributed by atoms with van der Waals surface area (Å²) in [4.78, 5) is 0. The summed E-state index contributed by atoms with van der Waals surface area (Å²) in [7, 11) is 0. The molecule has 5 heteroatoms. The second-order valence-corrected chi connectivity index (χ2v) is 4.48. The smallest absolute Gasteiger partial charge is 0.245 e. The number of hydrogen-bond acceptors (Lipinski definition) is 5. The Balaban J connectivity index is 1.71. The molecular formula is C11H17N3O2. The van der Waals surface area contributed by atoms with E-state index < -0.39 is 0 Å². The van der Waals surface area contributed by atoms with Gasteiger partial charge >= 0.3 is 0 Å². The number of hydrogen-bond donors (Lipinski definition) is 1. The monoisotopic (exact) mass is 223 g/mol. The van der Waals surface area contributed by atoms with Crippen LogP contribution in [0.1, 0.15) is 56.0 Å². The normalized spacial score (nSPS) is 30.8. The third kappa shape index (κ3) is 1.97. The third-order valence-corrected chi connectivity index (χ3v) is 3.27. The lowest BCUT2D eigenvalue weighted by molar-refractivity contribution is 0.0871. The van der Waals surface area contributed by atoms with Crippen molar-refractivity contribution in [2.75, 3.05) is 13.2 Å². The average molecular weight is 223 g/mol. The van der Waals surface area contributed by atoms with Crippen LogP contribution in [0.5, 0.6) is 0 Å². The predicted octanol–water partition coefficient (Wildman–Crippen LogP) is 1.74. The highest BCUT2D eigenvalue weighted by Crippen LogP contribution is 2.29. The third-order valence-electron chi connectivity index (χ3n) is 3.27. The van der Waals surface area contributed by atoms with E-state index >= 15 is 0 Å². The fraction of sp³-hybridized carbons (Fsp3) is 0.818. The van der Waals surface area contributed by atoms with E-state index in [1.165, 1.54) is 12.8 Å². The van der Waals surface area contributed by atoms with Crippen LogP contribution in [-0.2, 0) is 4.74 Å². The van der Waals surface area contributed by atoms with Gasteiger partial charge in [0.25, 0.3) is 0 Å². The van der Waals surface area contributed by atoms with Crippen LogP contribution in [0.15, 0.2) is 4.42 Å². The van der Waals surface area contributed by atoms with E-state index in [9.17, 15) is 0 Å². The first-order chi connectivity index (χ1) is 7.93. The summed E-state index contributed by atoms with van der Waals surface area (Å²) in [6.45, 7) is 1.85. The summed E-state index contributed by atoms with van der Waals surface area (Å²) < 4.78 is 11.2. The van der Waals surface area contributed by atoms with Crippen LogP contribution in [-0.4, -0.2) is 23.3 Å². The van der Waals surface area contributed by atoms with Crippen LogP contribution in [0.25, 0.3) is 0 Å². The van der Waals surface area contributed by atoms with E-state index in [4.69, 9.17) is 9.15 Å². The highest BCUT2D eigenvalue weighted by atomic mass is 16.5. The van der Waals surface area contributed by atoms with E-state index in [1.54, 1.807) is 0 Å². The maximum atomic E-state index is 5.70. The number of ether oxygens (including phenoxy) is 1. The van der Waals surface area contributed by atoms with Crippen molar-refractivity contribution < 1.29 is 9.15 Å². The molecule has 0 aromatic carbocycles. The molecule has 2 aliphatic heterocycles. The van der Waals surface area contributed by atoms with Crippen molar-refractivity contribution in [3.63, 3.8) is 0 Å². The van der Waals surface area contributed by atoms with Crippen molar-refractivity contribution in [2.24, 2.45) is 0 Å². The van der Waals surface area contributed by atoms with Gasteiger partial charge in [-0.2, -0.15) is 0 Å². The van der Waals surface area contributed by atoms with Gasteiger partial charge in [-0.1, -0.05) is 6.42 Å². The summed E-state index contributed by atoms with van der Waals surface area (Å²) in [5.74, 6) is 1.38. The standard InChI is InChI=1S/C11H17N3O2/c1-2-6-12-8(4-1)10-13-14-11(16-10)9-5-3-7-15-9/h8-9,12H,1-7H2. The van der Waals surface area contributed by atoms with Gasteiger partial charge in [0.2, 0.25) is 11.8 Å². The quantitative estimate of drug-likeness (QED) is 0.827. The summed E-state index contributed by atoms with van der Waals surface area (Å²) in [5, 5.41) is 11.6. The fourth-order valence-electron chi connectivity index (χ4n) is 2.35. The molecule has 3 heterocycles. The second kappa shape index (κ2) is 4.51. The zero-order chi connectivity index (χ0) is 10.8. The van der Waals surface area contributed by atoms with Crippen molar-refractivity contribution in [1.82, 2.24) is 15.5 Å². The number of nitrogens with one attached hydrogen (secondary N) is 1. The molecule has 5 nitrogen and oxygen atoms in total. The van der Waals surface area contributed by atoms with Gasteiger partial charge in [0, 0.05) is 6.61 Å². The topological polar surface area (TPSA) is 60.2 Å². The molecule has 1 aromatic rings. The molecule has 2 saturated heterocycles. The molecule has 2 unspecified atom stereocenters. The Morgan fingerprint density at radius 3 is 2.75 bits per heavy atom. The summed E-state index contributed by atoms with van der Waals surface area (Å²) >= 11 is 0. The van der Waals surface area contributed by atoms with Crippen molar-refractivity contribution in [3.05, 3.63) is 11.8 Å². The first-order valence-electron chi connectivity index (χ1n) is 6.12. The summed E-state index contributed by atoms with van der Waals surface area (Å²) in [5.41, 5.74) is 0. The number of nitrogens with zero attached hydrogens (tertiary/aromatic N) is 2. The van der Waals surface area contributed by atoms with Crippen LogP contribution < -0.4 is 5.32 Å². The first-order valence-corrected chi connectivity index (χ1v) is 6.12. The molecule has 88 valence electrons. The molecule has 16 heavy (non-hydrogen) atoms. The van der Waals surface area contributed by atoms with Crippen LogP contribution >= 0.6 is 0 Å². The molecule has 0 spiro atoms. The molecule has 2 atom stereocenters. The van der Waals surface area contributed by atoms with Crippen LogP contribution in [0, 0.1) is 0 Å². The summed E-state index contributed by atoms with van der Waals surface area (Å²) in [6.07, 6.45) is 5.68. The first kappa shape index (κ1) is 10.2. The zero-order valence-electron chi connectivity index (χ0n) is 9.32. The van der Waals surface area contributed by atoms with Crippen molar-refractivity contribution in [1.29, 1.82) is 0 Å². The van der Waals surface area contributed by atoms with E-state index in [1.807, 2.05) is 0 Å². The largest absolute Gasteiger partial charge is 0.421 e. The van der Waals surface area contributed by atoms with Crippen LogP contribution in [0.4, 0.5) is 0 Å². The number of piperidine rings is 1. The molecule has 0 aliphatic carbocycles. The predicted molar refractivity (Wildman–Crippen MR) is 56.8 cm³/mol. The van der Waals surface area contributed by atoms with Gasteiger partial charge in [0.05, 0.1) is 6.04 Å². The van der Waals surface area contributed by atoms with Gasteiger partial charge in [-0.15, -0.1) is 10.2 Å². The summed E-state index contributed by atoms with van der Waals surface area (Å²) in [6, 6.07) is 0.247. The molecule has 0 amide bonds. The molecule has 0 saturated carbocycles. The van der Waals surface area contributed by atoms with Crippen LogP contribution in [0.3, 0.4) is 0 Å². The molecule has 0 radical (unpaired) electrons. The minimum absolute atomic E-state index is 0.0323. The Kier molecular flexibility index (Phi) is 2.88. The lowest BCUT2D eigenvalue weighted by Gasteiger charge is -2.19. The van der Waals surface area contributed by atoms with Crippen LogP contribution in [0.2, 0.25) is 0 Å². The lowest BCUT2D eigenvalue weighted by Crippen LogP contribution is -2.26. The Bertz CT molecular complexity index is 341. The van der Waals surface area contributed by atoms with Gasteiger partial charge in [-0.25, -0.2) is 0 Å². The number of aromatic nitrogens is 2. The van der Waals surface area contributed by atoms with E-state index in [0.717, 1.165) is 38.3 Å². The zero-order valence-corrected chi connectivity index (χ0v) is 9.32. The Morgan fingerprint density at radius 2 is 2.00 bits per heavy atom. The Morgan fingerprint density at radius 1 is 1.06 bits per heavy atom. The van der Waals surface area contributed by atoms with Gasteiger partial charge in [-0.3, -0.25) is 0 Å². The van der Waals surface area contributed by atoms with Crippen molar-refractivity contribution in [3.8, 4) is 0 Å². The van der Waals surface area contributed by atoms with Gasteiger partial charge < -0.3 is 14.5 Å². The van der Waals surface area contributed by atoms with Gasteiger partial charge in [0.1, 0.15) is 6.10 Å². The highest BCUT2D eigenvalue weighted by molar-refractivity contribution is 4.94. The molecule has 3 rings (SSSR count). The fourth-order valence-corrected chi connectivity index (χ4v) is 2.35. The molecule has 2 aliphatic rings. The average Bonchev–Trinajstić information content (AvgIpc) is 3.01.